The first kappa shape index (κ1) is 22.6. The number of nitrogens with zero attached hydrogens (tertiary/aromatic N) is 1. The Morgan fingerprint density at radius 2 is 1.86 bits per heavy atom. The Labute approximate surface area is 167 Å². The van der Waals surface area contributed by atoms with Crippen LogP contribution in [0.25, 0.3) is 0 Å². The van der Waals surface area contributed by atoms with Gasteiger partial charge < -0.3 is 15.0 Å². The Morgan fingerprint density at radius 1 is 1.18 bits per heavy atom. The second-order valence-corrected chi connectivity index (χ2v) is 10.1. The van der Waals surface area contributed by atoms with Gasteiger partial charge in [0.05, 0.1) is 11.5 Å². The molecule has 2 fully saturated rings. The second kappa shape index (κ2) is 10.2. The first-order valence-electron chi connectivity index (χ1n) is 10.2. The van der Waals surface area contributed by atoms with E-state index in [1.165, 1.54) is 6.92 Å². The third kappa shape index (κ3) is 6.46. The number of carbonyl (C=O) groups excluding carboxylic acids is 3. The Balaban J connectivity index is 1.97. The van der Waals surface area contributed by atoms with E-state index in [1.807, 2.05) is 6.92 Å². The zero-order valence-electron chi connectivity index (χ0n) is 16.8. The van der Waals surface area contributed by atoms with Crippen molar-refractivity contribution in [2.24, 2.45) is 5.92 Å². The normalized spacial score (nSPS) is 22.6. The van der Waals surface area contributed by atoms with Crippen molar-refractivity contribution >= 4 is 27.6 Å². The van der Waals surface area contributed by atoms with E-state index in [0.29, 0.717) is 13.0 Å². The number of sulfone groups is 1. The molecule has 1 saturated carbocycles. The van der Waals surface area contributed by atoms with Crippen molar-refractivity contribution in [1.82, 2.24) is 10.2 Å². The van der Waals surface area contributed by atoms with E-state index in [1.54, 1.807) is 4.90 Å². The molecule has 0 aromatic carbocycles. The SMILES string of the molecule is CCCCN(C(=O)COC(=O)C(NC(C)=O)C1CCCC1)C1CCS(=O)(=O)C1. The zero-order chi connectivity index (χ0) is 20.7. The second-order valence-electron chi connectivity index (χ2n) is 7.83. The smallest absolute Gasteiger partial charge is 0.329 e. The van der Waals surface area contributed by atoms with Crippen LogP contribution >= 0.6 is 0 Å². The van der Waals surface area contributed by atoms with Crippen LogP contribution in [0.5, 0.6) is 0 Å². The number of carbonyl (C=O) groups is 3. The molecule has 28 heavy (non-hydrogen) atoms. The monoisotopic (exact) mass is 416 g/mol. The van der Waals surface area contributed by atoms with Crippen LogP contribution in [0.1, 0.15) is 58.8 Å². The number of rotatable bonds is 9. The van der Waals surface area contributed by atoms with Gasteiger partial charge in [0.15, 0.2) is 16.4 Å². The van der Waals surface area contributed by atoms with Crippen LogP contribution in [0.4, 0.5) is 0 Å². The number of ether oxygens (including phenoxy) is 1. The summed E-state index contributed by atoms with van der Waals surface area (Å²) in [5, 5.41) is 2.66. The van der Waals surface area contributed by atoms with Crippen LogP contribution in [-0.4, -0.2) is 67.8 Å². The zero-order valence-corrected chi connectivity index (χ0v) is 17.6. The van der Waals surface area contributed by atoms with Crippen LogP contribution in [0.15, 0.2) is 0 Å². The molecular formula is C19H32N2O6S. The molecule has 0 radical (unpaired) electrons. The van der Waals surface area contributed by atoms with Gasteiger partial charge in [0, 0.05) is 19.5 Å². The van der Waals surface area contributed by atoms with Gasteiger partial charge >= 0.3 is 5.97 Å². The van der Waals surface area contributed by atoms with Gasteiger partial charge in [-0.25, -0.2) is 13.2 Å². The molecule has 1 N–H and O–H groups in total. The van der Waals surface area contributed by atoms with Gasteiger partial charge in [-0.3, -0.25) is 9.59 Å². The van der Waals surface area contributed by atoms with Gasteiger partial charge in [0.1, 0.15) is 6.04 Å². The van der Waals surface area contributed by atoms with Crippen molar-refractivity contribution in [3.8, 4) is 0 Å². The average Bonchev–Trinajstić information content (AvgIpc) is 3.27. The first-order valence-corrected chi connectivity index (χ1v) is 12.0. The van der Waals surface area contributed by atoms with E-state index in [4.69, 9.17) is 4.74 Å². The number of hydrogen-bond acceptors (Lipinski definition) is 6. The number of esters is 1. The summed E-state index contributed by atoms with van der Waals surface area (Å²) < 4.78 is 28.8. The quantitative estimate of drug-likeness (QED) is 0.563. The molecular weight excluding hydrogens is 384 g/mol. The van der Waals surface area contributed by atoms with Gasteiger partial charge in [-0.2, -0.15) is 0 Å². The summed E-state index contributed by atoms with van der Waals surface area (Å²) in [6, 6.07) is -1.09. The van der Waals surface area contributed by atoms with E-state index < -0.39 is 28.5 Å². The Morgan fingerprint density at radius 3 is 2.39 bits per heavy atom. The lowest BCUT2D eigenvalue weighted by molar-refractivity contribution is -0.156. The van der Waals surface area contributed by atoms with Gasteiger partial charge in [-0.15, -0.1) is 0 Å². The fourth-order valence-electron chi connectivity index (χ4n) is 4.05. The van der Waals surface area contributed by atoms with Gasteiger partial charge in [0.2, 0.25) is 5.91 Å². The molecule has 2 aliphatic rings. The third-order valence-electron chi connectivity index (χ3n) is 5.54. The number of nitrogens with one attached hydrogen (secondary N) is 1. The van der Waals surface area contributed by atoms with E-state index in [9.17, 15) is 22.8 Å². The van der Waals surface area contributed by atoms with Crippen LogP contribution in [0, 0.1) is 5.92 Å². The lowest BCUT2D eigenvalue weighted by atomic mass is 9.98. The van der Waals surface area contributed by atoms with Gasteiger partial charge in [-0.05, 0) is 31.6 Å². The molecule has 2 unspecified atom stereocenters. The lowest BCUT2D eigenvalue weighted by Crippen LogP contribution is -2.47. The fourth-order valence-corrected chi connectivity index (χ4v) is 5.78. The highest BCUT2D eigenvalue weighted by atomic mass is 32.2. The third-order valence-corrected chi connectivity index (χ3v) is 7.29. The maximum atomic E-state index is 12.7. The largest absolute Gasteiger partial charge is 0.454 e. The summed E-state index contributed by atoms with van der Waals surface area (Å²) in [6.45, 7) is 3.37. The molecule has 2 atom stereocenters. The topological polar surface area (TPSA) is 110 Å². The van der Waals surface area contributed by atoms with Crippen molar-refractivity contribution in [3.63, 3.8) is 0 Å². The molecule has 160 valence electrons. The number of amides is 2. The Bertz CT molecular complexity index is 672. The van der Waals surface area contributed by atoms with Crippen molar-refractivity contribution in [2.45, 2.75) is 70.9 Å². The maximum Gasteiger partial charge on any atom is 0.329 e. The molecule has 0 aromatic heterocycles. The maximum absolute atomic E-state index is 12.7. The molecule has 0 aromatic rings. The van der Waals surface area contributed by atoms with Gasteiger partial charge in [0.25, 0.3) is 5.91 Å². The van der Waals surface area contributed by atoms with E-state index in [0.717, 1.165) is 38.5 Å². The highest BCUT2D eigenvalue weighted by Crippen LogP contribution is 2.28. The molecule has 1 aliphatic carbocycles. The molecule has 0 bridgehead atoms. The van der Waals surface area contributed by atoms with Crippen LogP contribution in [-0.2, 0) is 29.0 Å². The summed E-state index contributed by atoms with van der Waals surface area (Å²) in [5.41, 5.74) is 0. The predicted octanol–water partition coefficient (Wildman–Crippen LogP) is 1.04. The Kier molecular flexibility index (Phi) is 8.27. The van der Waals surface area contributed by atoms with Crippen molar-refractivity contribution in [1.29, 1.82) is 0 Å². The van der Waals surface area contributed by atoms with Gasteiger partial charge in [-0.1, -0.05) is 26.2 Å². The van der Waals surface area contributed by atoms with Crippen molar-refractivity contribution in [3.05, 3.63) is 0 Å². The minimum absolute atomic E-state index is 0.0303. The highest BCUT2D eigenvalue weighted by molar-refractivity contribution is 7.91. The summed E-state index contributed by atoms with van der Waals surface area (Å²) in [7, 11) is -3.12. The van der Waals surface area contributed by atoms with Crippen molar-refractivity contribution < 1.29 is 27.5 Å². The molecule has 8 nitrogen and oxygen atoms in total. The van der Waals surface area contributed by atoms with Crippen LogP contribution in [0.3, 0.4) is 0 Å². The molecule has 1 aliphatic heterocycles. The standard InChI is InChI=1S/C19H32N2O6S/c1-3-4-10-21(16-9-11-28(25,26)13-16)17(23)12-27-19(24)18(20-14(2)22)15-7-5-6-8-15/h15-16,18H,3-13H2,1-2H3,(H,20,22). The van der Waals surface area contributed by atoms with Crippen LogP contribution < -0.4 is 5.32 Å². The summed E-state index contributed by atoms with van der Waals surface area (Å²) >= 11 is 0. The van der Waals surface area contributed by atoms with E-state index in [-0.39, 0.29) is 35.3 Å². The first-order chi connectivity index (χ1) is 13.2. The van der Waals surface area contributed by atoms with E-state index in [2.05, 4.69) is 5.32 Å². The predicted molar refractivity (Wildman–Crippen MR) is 104 cm³/mol. The minimum Gasteiger partial charge on any atom is -0.454 e. The summed E-state index contributed by atoms with van der Waals surface area (Å²) in [6.07, 6.45) is 5.75. The molecule has 2 rings (SSSR count). The summed E-state index contributed by atoms with van der Waals surface area (Å²) in [5.74, 6) is -1.20. The molecule has 9 heteroatoms. The highest BCUT2D eigenvalue weighted by Gasteiger charge is 2.36. The number of unbranched alkanes of at least 4 members (excludes halogenated alkanes) is 1. The fraction of sp³-hybridized carbons (Fsp3) is 0.842. The molecule has 1 saturated heterocycles. The lowest BCUT2D eigenvalue weighted by Gasteiger charge is -2.29. The Hall–Kier alpha value is -1.64. The molecule has 2 amide bonds. The van der Waals surface area contributed by atoms with Crippen molar-refractivity contribution in [2.75, 3.05) is 24.7 Å². The average molecular weight is 417 g/mol. The van der Waals surface area contributed by atoms with Crippen LogP contribution in [0.2, 0.25) is 0 Å². The summed E-state index contributed by atoms with van der Waals surface area (Å²) in [4.78, 5) is 38.2. The molecule has 0 spiro atoms. The minimum atomic E-state index is -3.12. The molecule has 1 heterocycles. The number of hydrogen-bond donors (Lipinski definition) is 1. The van der Waals surface area contributed by atoms with E-state index >= 15 is 0 Å².